The average molecular weight is 623 g/mol. The quantitative estimate of drug-likeness (QED) is 0.0686. The van der Waals surface area contributed by atoms with E-state index in [1.54, 1.807) is 6.08 Å². The first-order valence-electron chi connectivity index (χ1n) is 10.3. The zero-order chi connectivity index (χ0) is 26.1. The Morgan fingerprint density at radius 1 is 1.36 bits per heavy atom. The number of nitro groups is 1. The molecule has 0 aliphatic carbocycles. The highest BCUT2D eigenvalue weighted by atomic mass is 127. The smallest absolute Gasteiger partial charge is 0.274 e. The van der Waals surface area contributed by atoms with Gasteiger partial charge in [0.25, 0.3) is 11.6 Å². The lowest BCUT2D eigenvalue weighted by Crippen LogP contribution is -2.20. The molecule has 0 fully saturated rings. The first-order chi connectivity index (χ1) is 17.3. The Hall–Kier alpha value is -3.66. The van der Waals surface area contributed by atoms with Crippen LogP contribution in [-0.2, 0) is 17.9 Å². The molecular formula is C22H22IN7O5S. The van der Waals surface area contributed by atoms with Gasteiger partial charge in [0, 0.05) is 27.4 Å². The fourth-order valence-corrected chi connectivity index (χ4v) is 4.05. The number of thioether (sulfide) groups is 1. The summed E-state index contributed by atoms with van der Waals surface area (Å²) in [7, 11) is 1.27. The van der Waals surface area contributed by atoms with Crippen molar-refractivity contribution in [1.29, 1.82) is 0 Å². The number of phenols is 1. The summed E-state index contributed by atoms with van der Waals surface area (Å²) in [6.45, 7) is 4.67. The zero-order valence-electron chi connectivity index (χ0n) is 19.0. The monoisotopic (exact) mass is 623 g/mol. The molecule has 0 unspecified atom stereocenters. The molecule has 1 heterocycles. The number of phenolic OH excluding ortho intramolecular Hbond substituents is 1. The molecule has 2 aromatic carbocycles. The number of benzene rings is 2. The third-order valence-corrected chi connectivity index (χ3v) is 6.33. The fraction of sp³-hybridized carbons (Fsp3) is 0.182. The van der Waals surface area contributed by atoms with E-state index in [1.165, 1.54) is 18.9 Å². The summed E-state index contributed by atoms with van der Waals surface area (Å²) in [4.78, 5) is 22.7. The Morgan fingerprint density at radius 2 is 2.11 bits per heavy atom. The van der Waals surface area contributed by atoms with Gasteiger partial charge in [-0.15, -0.1) is 16.8 Å². The predicted molar refractivity (Wildman–Crippen MR) is 144 cm³/mol. The number of rotatable bonds is 12. The van der Waals surface area contributed by atoms with Crippen molar-refractivity contribution in [2.75, 3.05) is 18.2 Å². The number of methoxy groups -OCH3 is 1. The number of halogens is 1. The summed E-state index contributed by atoms with van der Waals surface area (Å²) in [5, 5.41) is 37.2. The lowest BCUT2D eigenvalue weighted by atomic mass is 10.2. The Bertz CT molecular complexity index is 1280. The first-order valence-corrected chi connectivity index (χ1v) is 12.4. The summed E-state index contributed by atoms with van der Waals surface area (Å²) >= 11 is 3.41. The average Bonchev–Trinajstić information content (AvgIpc) is 3.24. The second-order valence-electron chi connectivity index (χ2n) is 7.08. The number of carbonyl (C=O) groups is 1. The number of amides is 1. The van der Waals surface area contributed by atoms with Gasteiger partial charge in [-0.25, -0.2) is 5.43 Å². The van der Waals surface area contributed by atoms with Gasteiger partial charge >= 0.3 is 0 Å². The highest BCUT2D eigenvalue weighted by Gasteiger charge is 2.16. The summed E-state index contributed by atoms with van der Waals surface area (Å²) < 4.78 is 7.92. The third-order valence-electron chi connectivity index (χ3n) is 4.65. The second kappa shape index (κ2) is 12.9. The molecule has 0 spiro atoms. The number of hydrogen-bond acceptors (Lipinski definition) is 10. The molecule has 3 N–H and O–H groups in total. The van der Waals surface area contributed by atoms with Crippen molar-refractivity contribution in [2.45, 2.75) is 18.2 Å². The standard InChI is InChI=1S/C22H22IN7O5S/c1-3-8-29-19(12-24-16-6-4-15(23)5-7-16)26-28-22(29)36-13-20(31)27-25-11-14-9-17(30(33)34)10-18(35-2)21(14)32/h3-7,9-11,24,32H,1,8,12-13H2,2H3,(H,27,31). The Morgan fingerprint density at radius 3 is 2.78 bits per heavy atom. The lowest BCUT2D eigenvalue weighted by Gasteiger charge is -2.09. The van der Waals surface area contributed by atoms with E-state index in [-0.39, 0.29) is 28.5 Å². The van der Waals surface area contributed by atoms with Gasteiger partial charge in [0.05, 0.1) is 36.6 Å². The van der Waals surface area contributed by atoms with Gasteiger partial charge in [0.1, 0.15) is 0 Å². The van der Waals surface area contributed by atoms with E-state index < -0.39 is 10.8 Å². The van der Waals surface area contributed by atoms with Crippen LogP contribution in [0.1, 0.15) is 11.4 Å². The molecule has 0 aliphatic heterocycles. The van der Waals surface area contributed by atoms with Crippen molar-refractivity contribution < 1.29 is 19.6 Å². The van der Waals surface area contributed by atoms with Gasteiger partial charge in [0.2, 0.25) is 0 Å². The van der Waals surface area contributed by atoms with Gasteiger partial charge in [-0.05, 0) is 46.9 Å². The number of carbonyl (C=O) groups excluding carboxylic acids is 1. The summed E-state index contributed by atoms with van der Waals surface area (Å²) in [6.07, 6.45) is 2.81. The fourth-order valence-electron chi connectivity index (χ4n) is 2.93. The van der Waals surface area contributed by atoms with Crippen LogP contribution in [0.25, 0.3) is 0 Å². The van der Waals surface area contributed by atoms with Crippen LogP contribution in [0.3, 0.4) is 0 Å². The molecule has 12 nitrogen and oxygen atoms in total. The molecular weight excluding hydrogens is 601 g/mol. The number of aromatic hydroxyl groups is 1. The topological polar surface area (TPSA) is 157 Å². The van der Waals surface area contributed by atoms with Gasteiger partial charge in [0.15, 0.2) is 22.5 Å². The number of ether oxygens (including phenoxy) is 1. The molecule has 0 atom stereocenters. The predicted octanol–water partition coefficient (Wildman–Crippen LogP) is 3.55. The molecule has 14 heteroatoms. The molecule has 0 bridgehead atoms. The molecule has 36 heavy (non-hydrogen) atoms. The van der Waals surface area contributed by atoms with Crippen molar-refractivity contribution in [1.82, 2.24) is 20.2 Å². The first kappa shape index (κ1) is 26.9. The molecule has 1 aromatic heterocycles. The zero-order valence-corrected chi connectivity index (χ0v) is 22.0. The number of hydrazone groups is 1. The van der Waals surface area contributed by atoms with Crippen LogP contribution < -0.4 is 15.5 Å². The summed E-state index contributed by atoms with van der Waals surface area (Å²) in [5.74, 6) is -0.188. The minimum atomic E-state index is -0.627. The van der Waals surface area contributed by atoms with Crippen LogP contribution in [0.2, 0.25) is 0 Å². The van der Waals surface area contributed by atoms with E-state index in [2.05, 4.69) is 55.2 Å². The van der Waals surface area contributed by atoms with E-state index >= 15 is 0 Å². The molecule has 0 radical (unpaired) electrons. The van der Waals surface area contributed by atoms with E-state index in [9.17, 15) is 20.0 Å². The number of nitro benzene ring substituents is 1. The molecule has 188 valence electrons. The van der Waals surface area contributed by atoms with Crippen LogP contribution in [0, 0.1) is 13.7 Å². The van der Waals surface area contributed by atoms with Crippen LogP contribution in [0.5, 0.6) is 11.5 Å². The molecule has 0 saturated carbocycles. The van der Waals surface area contributed by atoms with Crippen molar-refractivity contribution >= 4 is 57.8 Å². The number of nitrogens with zero attached hydrogens (tertiary/aromatic N) is 5. The highest BCUT2D eigenvalue weighted by Crippen LogP contribution is 2.33. The Kier molecular flexibility index (Phi) is 9.63. The molecule has 0 aliphatic rings. The summed E-state index contributed by atoms with van der Waals surface area (Å²) in [5.41, 5.74) is 3.00. The normalized spacial score (nSPS) is 10.8. The van der Waals surface area contributed by atoms with Crippen LogP contribution in [0.15, 0.2) is 59.3 Å². The minimum absolute atomic E-state index is 0.0125. The number of allylic oxidation sites excluding steroid dienone is 1. The van der Waals surface area contributed by atoms with Gasteiger partial charge in [-0.3, -0.25) is 14.9 Å². The maximum absolute atomic E-state index is 12.3. The highest BCUT2D eigenvalue weighted by molar-refractivity contribution is 14.1. The number of aromatic nitrogens is 3. The molecule has 3 aromatic rings. The van der Waals surface area contributed by atoms with Crippen molar-refractivity contribution in [3.05, 3.63) is 74.1 Å². The van der Waals surface area contributed by atoms with Gasteiger partial charge in [-0.2, -0.15) is 5.10 Å². The maximum atomic E-state index is 12.3. The Labute approximate surface area is 224 Å². The van der Waals surface area contributed by atoms with E-state index in [4.69, 9.17) is 4.74 Å². The van der Waals surface area contributed by atoms with Crippen LogP contribution >= 0.6 is 34.4 Å². The van der Waals surface area contributed by atoms with E-state index in [0.717, 1.165) is 27.6 Å². The van der Waals surface area contributed by atoms with Gasteiger partial charge in [-0.1, -0.05) is 17.8 Å². The number of nitrogens with one attached hydrogen (secondary N) is 2. The number of non-ortho nitro benzene ring substituents is 1. The maximum Gasteiger partial charge on any atom is 0.274 e. The second-order valence-corrected chi connectivity index (χ2v) is 9.27. The van der Waals surface area contributed by atoms with Crippen molar-refractivity contribution in [3.63, 3.8) is 0 Å². The number of hydrogen-bond donors (Lipinski definition) is 3. The molecule has 0 saturated heterocycles. The van der Waals surface area contributed by atoms with E-state index in [1.807, 2.05) is 28.8 Å². The van der Waals surface area contributed by atoms with Crippen molar-refractivity contribution in [2.24, 2.45) is 5.10 Å². The van der Waals surface area contributed by atoms with Crippen molar-refractivity contribution in [3.8, 4) is 11.5 Å². The third kappa shape index (κ3) is 7.17. The SMILES string of the molecule is C=CCn1c(CNc2ccc(I)cc2)nnc1SCC(=O)NN=Cc1cc([N+](=O)[O-])cc(OC)c1O. The van der Waals surface area contributed by atoms with Crippen LogP contribution in [-0.4, -0.2) is 49.8 Å². The van der Waals surface area contributed by atoms with Gasteiger partial charge < -0.3 is 19.7 Å². The van der Waals surface area contributed by atoms with E-state index in [0.29, 0.717) is 24.1 Å². The Balaban J connectivity index is 1.60. The lowest BCUT2D eigenvalue weighted by molar-refractivity contribution is -0.385. The molecule has 3 rings (SSSR count). The number of anilines is 1. The minimum Gasteiger partial charge on any atom is -0.504 e. The summed E-state index contributed by atoms with van der Waals surface area (Å²) in [6, 6.07) is 10.1. The molecule has 1 amide bonds. The largest absolute Gasteiger partial charge is 0.504 e. The van der Waals surface area contributed by atoms with Crippen LogP contribution in [0.4, 0.5) is 11.4 Å².